The van der Waals surface area contributed by atoms with Gasteiger partial charge in [0.2, 0.25) is 0 Å². The molecule has 0 saturated heterocycles. The lowest BCUT2D eigenvalue weighted by atomic mass is 10.2. The van der Waals surface area contributed by atoms with E-state index in [0.717, 1.165) is 0 Å². The monoisotopic (exact) mass is 521 g/mol. The van der Waals surface area contributed by atoms with E-state index in [1.54, 1.807) is 73.8 Å². The van der Waals surface area contributed by atoms with E-state index in [1.165, 1.54) is 16.7 Å². The van der Waals surface area contributed by atoms with E-state index in [9.17, 15) is 14.4 Å². The third kappa shape index (κ3) is 5.30. The first kappa shape index (κ1) is 24.9. The Balaban J connectivity index is 1.42. The number of benzene rings is 4. The second kappa shape index (κ2) is 11.1. The third-order valence-corrected chi connectivity index (χ3v) is 6.84. The van der Waals surface area contributed by atoms with Crippen molar-refractivity contribution in [3.8, 4) is 5.75 Å². The van der Waals surface area contributed by atoms with Gasteiger partial charge in [-0.05, 0) is 66.7 Å². The summed E-state index contributed by atoms with van der Waals surface area (Å²) in [5, 5.41) is 6.02. The minimum absolute atomic E-state index is 0.197. The number of hydrogen-bond acceptors (Lipinski definition) is 6. The maximum atomic E-state index is 13.5. The summed E-state index contributed by atoms with van der Waals surface area (Å²) in [6, 6.07) is 32.0. The fraction of sp³-hybridized carbons (Fsp3) is 0.0333. The summed E-state index contributed by atoms with van der Waals surface area (Å²) < 4.78 is 5.15. The molecule has 0 bridgehead atoms. The molecule has 4 aromatic rings. The van der Waals surface area contributed by atoms with E-state index in [4.69, 9.17) is 4.74 Å². The summed E-state index contributed by atoms with van der Waals surface area (Å²) in [5.41, 5.74) is 2.42. The van der Waals surface area contributed by atoms with Crippen LogP contribution in [0.15, 0.2) is 125 Å². The molecule has 0 unspecified atom stereocenters. The van der Waals surface area contributed by atoms with E-state index < -0.39 is 11.8 Å². The summed E-state index contributed by atoms with van der Waals surface area (Å²) in [6.45, 7) is 0. The van der Waals surface area contributed by atoms with Crippen LogP contribution in [0.25, 0.3) is 0 Å². The molecular weight excluding hydrogens is 498 g/mol. The van der Waals surface area contributed by atoms with Gasteiger partial charge in [0.05, 0.1) is 12.8 Å². The van der Waals surface area contributed by atoms with Crippen LogP contribution in [0.1, 0.15) is 10.4 Å². The quantitative estimate of drug-likeness (QED) is 0.279. The normalized spacial score (nSPS) is 13.0. The topological polar surface area (TPSA) is 87.7 Å². The Morgan fingerprint density at radius 2 is 1.42 bits per heavy atom. The Morgan fingerprint density at radius 1 is 0.763 bits per heavy atom. The molecular formula is C30H23N3O4S. The highest BCUT2D eigenvalue weighted by atomic mass is 32.2. The summed E-state index contributed by atoms with van der Waals surface area (Å²) in [7, 11) is 1.57. The molecule has 0 radical (unpaired) electrons. The second-order valence-corrected chi connectivity index (χ2v) is 9.37. The summed E-state index contributed by atoms with van der Waals surface area (Å²) in [4.78, 5) is 41.8. The van der Waals surface area contributed by atoms with Gasteiger partial charge >= 0.3 is 0 Å². The number of anilines is 3. The summed E-state index contributed by atoms with van der Waals surface area (Å²) in [6.07, 6.45) is 0. The molecule has 38 heavy (non-hydrogen) atoms. The number of carbonyl (C=O) groups is 3. The van der Waals surface area contributed by atoms with Gasteiger partial charge in [0.15, 0.2) is 0 Å². The molecule has 2 N–H and O–H groups in total. The fourth-order valence-corrected chi connectivity index (χ4v) is 4.88. The van der Waals surface area contributed by atoms with Crippen molar-refractivity contribution >= 4 is 46.5 Å². The van der Waals surface area contributed by atoms with Crippen molar-refractivity contribution in [1.29, 1.82) is 0 Å². The van der Waals surface area contributed by atoms with Crippen LogP contribution in [0.2, 0.25) is 0 Å². The number of methoxy groups -OCH3 is 1. The molecule has 0 spiro atoms. The number of carbonyl (C=O) groups excluding carboxylic acids is 3. The number of imide groups is 1. The zero-order valence-electron chi connectivity index (χ0n) is 20.4. The van der Waals surface area contributed by atoms with Crippen molar-refractivity contribution < 1.29 is 19.1 Å². The maximum Gasteiger partial charge on any atom is 0.283 e. The van der Waals surface area contributed by atoms with Crippen LogP contribution in [0.4, 0.5) is 17.1 Å². The van der Waals surface area contributed by atoms with Crippen LogP contribution in [0, 0.1) is 0 Å². The van der Waals surface area contributed by atoms with Gasteiger partial charge in [-0.3, -0.25) is 14.4 Å². The van der Waals surface area contributed by atoms with Crippen molar-refractivity contribution in [2.45, 2.75) is 4.90 Å². The minimum atomic E-state index is -0.434. The molecule has 1 heterocycles. The SMILES string of the molecule is COc1ccc(C(=O)Nc2cccc(SC3=C(Nc4ccccc4)C(=O)N(c4ccccc4)C3=O)c2)cc1. The molecule has 8 heteroatoms. The lowest BCUT2D eigenvalue weighted by Gasteiger charge is -2.15. The first-order valence-electron chi connectivity index (χ1n) is 11.8. The van der Waals surface area contributed by atoms with Gasteiger partial charge in [0, 0.05) is 21.8 Å². The number of nitrogens with zero attached hydrogens (tertiary/aromatic N) is 1. The average molecular weight is 522 g/mol. The van der Waals surface area contributed by atoms with Gasteiger partial charge in [-0.1, -0.05) is 54.2 Å². The Bertz CT molecular complexity index is 1520. The van der Waals surface area contributed by atoms with Crippen LogP contribution in [-0.4, -0.2) is 24.8 Å². The molecule has 1 aliphatic rings. The highest BCUT2D eigenvalue weighted by Crippen LogP contribution is 2.38. The van der Waals surface area contributed by atoms with Gasteiger partial charge in [-0.2, -0.15) is 0 Å². The van der Waals surface area contributed by atoms with Crippen molar-refractivity contribution in [2.24, 2.45) is 0 Å². The van der Waals surface area contributed by atoms with Gasteiger partial charge in [-0.25, -0.2) is 4.90 Å². The Hall–Kier alpha value is -4.82. The van der Waals surface area contributed by atoms with Crippen molar-refractivity contribution in [3.05, 3.63) is 125 Å². The van der Waals surface area contributed by atoms with Crippen molar-refractivity contribution in [1.82, 2.24) is 0 Å². The van der Waals surface area contributed by atoms with E-state index >= 15 is 0 Å². The largest absolute Gasteiger partial charge is 0.497 e. The fourth-order valence-electron chi connectivity index (χ4n) is 3.89. The van der Waals surface area contributed by atoms with Gasteiger partial charge in [0.25, 0.3) is 17.7 Å². The predicted molar refractivity (Wildman–Crippen MR) is 149 cm³/mol. The van der Waals surface area contributed by atoms with Gasteiger partial charge in [0.1, 0.15) is 16.4 Å². The van der Waals surface area contributed by atoms with E-state index in [-0.39, 0.29) is 16.5 Å². The molecule has 0 atom stereocenters. The minimum Gasteiger partial charge on any atom is -0.497 e. The lowest BCUT2D eigenvalue weighted by molar-refractivity contribution is -0.120. The van der Waals surface area contributed by atoms with Crippen LogP contribution in [0.3, 0.4) is 0 Å². The standard InChI is InChI=1S/C30H23N3O4S/c1-37-24-17-15-20(16-18-24)28(34)32-22-11-8-14-25(19-22)38-27-26(31-21-9-4-2-5-10-21)29(35)33(30(27)36)23-12-6-3-7-13-23/h2-19,31H,1H3,(H,32,34). The molecule has 7 nitrogen and oxygen atoms in total. The molecule has 0 aliphatic carbocycles. The van der Waals surface area contributed by atoms with Crippen LogP contribution < -0.4 is 20.3 Å². The Morgan fingerprint density at radius 3 is 2.11 bits per heavy atom. The van der Waals surface area contributed by atoms with Crippen LogP contribution in [0.5, 0.6) is 5.75 Å². The van der Waals surface area contributed by atoms with E-state index in [2.05, 4.69) is 10.6 Å². The van der Waals surface area contributed by atoms with E-state index in [0.29, 0.717) is 33.3 Å². The maximum absolute atomic E-state index is 13.5. The number of rotatable bonds is 8. The average Bonchev–Trinajstić information content (AvgIpc) is 3.18. The zero-order chi connectivity index (χ0) is 26.5. The number of nitrogens with one attached hydrogen (secondary N) is 2. The number of ether oxygens (including phenoxy) is 1. The molecule has 0 aromatic heterocycles. The Kier molecular flexibility index (Phi) is 7.24. The van der Waals surface area contributed by atoms with Crippen LogP contribution >= 0.6 is 11.8 Å². The molecule has 0 saturated carbocycles. The third-order valence-electron chi connectivity index (χ3n) is 5.76. The number of hydrogen-bond donors (Lipinski definition) is 2. The van der Waals surface area contributed by atoms with Gasteiger partial charge < -0.3 is 15.4 Å². The van der Waals surface area contributed by atoms with Crippen molar-refractivity contribution in [3.63, 3.8) is 0 Å². The lowest BCUT2D eigenvalue weighted by Crippen LogP contribution is -2.32. The van der Waals surface area contributed by atoms with Crippen molar-refractivity contribution in [2.75, 3.05) is 22.6 Å². The summed E-state index contributed by atoms with van der Waals surface area (Å²) in [5.74, 6) is -0.467. The summed E-state index contributed by atoms with van der Waals surface area (Å²) >= 11 is 1.17. The molecule has 5 rings (SSSR count). The van der Waals surface area contributed by atoms with E-state index in [1.807, 2.05) is 42.5 Å². The highest BCUT2D eigenvalue weighted by molar-refractivity contribution is 8.04. The van der Waals surface area contributed by atoms with Crippen LogP contribution in [-0.2, 0) is 9.59 Å². The smallest absolute Gasteiger partial charge is 0.283 e. The molecule has 3 amide bonds. The Labute approximate surface area is 224 Å². The molecule has 188 valence electrons. The first-order valence-corrected chi connectivity index (χ1v) is 12.6. The molecule has 4 aromatic carbocycles. The second-order valence-electron chi connectivity index (χ2n) is 8.29. The molecule has 0 fully saturated rings. The molecule has 1 aliphatic heterocycles. The zero-order valence-corrected chi connectivity index (χ0v) is 21.2. The predicted octanol–water partition coefficient (Wildman–Crippen LogP) is 5.94. The number of thioether (sulfide) groups is 1. The number of amides is 3. The highest BCUT2D eigenvalue weighted by Gasteiger charge is 2.40. The first-order chi connectivity index (χ1) is 18.5. The number of para-hydroxylation sites is 2. The van der Waals surface area contributed by atoms with Gasteiger partial charge in [-0.15, -0.1) is 0 Å².